The standard InChI is InChI=1S/C15H21FN2O/c1-10(13-8-17-9-13)15(19)18(3)11(2)12-4-6-14(16)7-5-12/h4-7,10-11,13,17H,8-9H2,1-3H3. The van der Waals surface area contributed by atoms with Gasteiger partial charge in [0.1, 0.15) is 5.82 Å². The highest BCUT2D eigenvalue weighted by molar-refractivity contribution is 5.79. The van der Waals surface area contributed by atoms with Crippen molar-refractivity contribution >= 4 is 5.91 Å². The monoisotopic (exact) mass is 264 g/mol. The second-order valence-electron chi connectivity index (χ2n) is 5.38. The van der Waals surface area contributed by atoms with Gasteiger partial charge in [0.25, 0.3) is 0 Å². The molecule has 1 aliphatic heterocycles. The largest absolute Gasteiger partial charge is 0.339 e. The fourth-order valence-electron chi connectivity index (χ4n) is 2.34. The highest BCUT2D eigenvalue weighted by Crippen LogP contribution is 2.24. The van der Waals surface area contributed by atoms with Crippen molar-refractivity contribution in [2.75, 3.05) is 20.1 Å². The Morgan fingerprint density at radius 2 is 1.89 bits per heavy atom. The van der Waals surface area contributed by atoms with Crippen LogP contribution in [0.3, 0.4) is 0 Å². The molecule has 1 amide bonds. The molecule has 0 bridgehead atoms. The lowest BCUT2D eigenvalue weighted by atomic mass is 9.87. The third-order valence-electron chi connectivity index (χ3n) is 4.19. The van der Waals surface area contributed by atoms with Crippen molar-refractivity contribution in [3.63, 3.8) is 0 Å². The van der Waals surface area contributed by atoms with Crippen molar-refractivity contribution in [3.8, 4) is 0 Å². The van der Waals surface area contributed by atoms with E-state index < -0.39 is 0 Å². The van der Waals surface area contributed by atoms with E-state index in [-0.39, 0.29) is 23.7 Å². The fourth-order valence-corrected chi connectivity index (χ4v) is 2.34. The van der Waals surface area contributed by atoms with Gasteiger partial charge in [-0.05, 0) is 43.6 Å². The van der Waals surface area contributed by atoms with E-state index in [1.807, 2.05) is 20.9 Å². The summed E-state index contributed by atoms with van der Waals surface area (Å²) in [6, 6.07) is 6.30. The van der Waals surface area contributed by atoms with Gasteiger partial charge in [-0.3, -0.25) is 4.79 Å². The predicted molar refractivity (Wildman–Crippen MR) is 73.1 cm³/mol. The van der Waals surface area contributed by atoms with Crippen LogP contribution in [0.1, 0.15) is 25.5 Å². The molecule has 1 N–H and O–H groups in total. The second-order valence-corrected chi connectivity index (χ2v) is 5.38. The summed E-state index contributed by atoms with van der Waals surface area (Å²) < 4.78 is 12.9. The molecule has 1 aromatic carbocycles. The molecule has 0 saturated carbocycles. The number of nitrogens with zero attached hydrogens (tertiary/aromatic N) is 1. The third kappa shape index (κ3) is 2.95. The van der Waals surface area contributed by atoms with Gasteiger partial charge in [0, 0.05) is 13.0 Å². The molecule has 0 radical (unpaired) electrons. The zero-order chi connectivity index (χ0) is 14.0. The van der Waals surface area contributed by atoms with Crippen molar-refractivity contribution in [2.24, 2.45) is 11.8 Å². The van der Waals surface area contributed by atoms with Crippen molar-refractivity contribution in [1.82, 2.24) is 10.2 Å². The van der Waals surface area contributed by atoms with Gasteiger partial charge in [-0.25, -0.2) is 4.39 Å². The number of hydrogen-bond acceptors (Lipinski definition) is 2. The molecule has 1 aromatic rings. The van der Waals surface area contributed by atoms with E-state index in [1.165, 1.54) is 12.1 Å². The maximum atomic E-state index is 12.9. The van der Waals surface area contributed by atoms with Crippen molar-refractivity contribution in [3.05, 3.63) is 35.6 Å². The third-order valence-corrected chi connectivity index (χ3v) is 4.19. The van der Waals surface area contributed by atoms with Gasteiger partial charge in [0.15, 0.2) is 0 Å². The topological polar surface area (TPSA) is 32.3 Å². The second kappa shape index (κ2) is 5.70. The summed E-state index contributed by atoms with van der Waals surface area (Å²) in [5, 5.41) is 3.19. The first-order chi connectivity index (χ1) is 9.00. The number of rotatable bonds is 4. The Morgan fingerprint density at radius 1 is 1.32 bits per heavy atom. The summed E-state index contributed by atoms with van der Waals surface area (Å²) in [4.78, 5) is 14.1. The van der Waals surface area contributed by atoms with Crippen LogP contribution in [0.5, 0.6) is 0 Å². The molecule has 1 fully saturated rings. The van der Waals surface area contributed by atoms with E-state index in [1.54, 1.807) is 17.0 Å². The minimum Gasteiger partial charge on any atom is -0.339 e. The quantitative estimate of drug-likeness (QED) is 0.904. The summed E-state index contributed by atoms with van der Waals surface area (Å²) in [6.45, 7) is 5.80. The van der Waals surface area contributed by atoms with Crippen molar-refractivity contribution in [1.29, 1.82) is 0 Å². The summed E-state index contributed by atoms with van der Waals surface area (Å²) in [5.74, 6) is 0.381. The van der Waals surface area contributed by atoms with E-state index in [0.29, 0.717) is 5.92 Å². The van der Waals surface area contributed by atoms with Gasteiger partial charge in [-0.2, -0.15) is 0 Å². The first-order valence-electron chi connectivity index (χ1n) is 6.73. The van der Waals surface area contributed by atoms with Crippen LogP contribution in [-0.2, 0) is 4.79 Å². The molecule has 1 heterocycles. The maximum absolute atomic E-state index is 12.9. The number of benzene rings is 1. The Labute approximate surface area is 113 Å². The molecule has 19 heavy (non-hydrogen) atoms. The molecule has 104 valence electrons. The number of carbonyl (C=O) groups is 1. The van der Waals surface area contributed by atoms with Crippen LogP contribution >= 0.6 is 0 Å². The lowest BCUT2D eigenvalue weighted by Crippen LogP contribution is -2.50. The number of hydrogen-bond donors (Lipinski definition) is 1. The Balaban J connectivity index is 2.03. The molecular weight excluding hydrogens is 243 g/mol. The Bertz CT molecular complexity index is 442. The summed E-state index contributed by atoms with van der Waals surface area (Å²) in [5.41, 5.74) is 0.955. The highest BCUT2D eigenvalue weighted by Gasteiger charge is 2.32. The summed E-state index contributed by atoms with van der Waals surface area (Å²) in [6.07, 6.45) is 0. The first-order valence-corrected chi connectivity index (χ1v) is 6.73. The zero-order valence-corrected chi connectivity index (χ0v) is 11.7. The number of carbonyl (C=O) groups excluding carboxylic acids is 1. The minimum absolute atomic E-state index is 0.0362. The lowest BCUT2D eigenvalue weighted by molar-refractivity contribution is -0.138. The molecule has 1 aliphatic rings. The van der Waals surface area contributed by atoms with Crippen LogP contribution in [-0.4, -0.2) is 30.9 Å². The number of nitrogens with one attached hydrogen (secondary N) is 1. The van der Waals surface area contributed by atoms with E-state index in [0.717, 1.165) is 18.7 Å². The first kappa shape index (κ1) is 14.0. The average molecular weight is 264 g/mol. The van der Waals surface area contributed by atoms with Gasteiger partial charge in [0.2, 0.25) is 5.91 Å². The lowest BCUT2D eigenvalue weighted by Gasteiger charge is -2.35. The molecule has 2 unspecified atom stereocenters. The fraction of sp³-hybridized carbons (Fsp3) is 0.533. The van der Waals surface area contributed by atoms with Crippen molar-refractivity contribution in [2.45, 2.75) is 19.9 Å². The van der Waals surface area contributed by atoms with Crippen LogP contribution in [0.4, 0.5) is 4.39 Å². The van der Waals surface area contributed by atoms with Crippen LogP contribution in [0, 0.1) is 17.7 Å². The van der Waals surface area contributed by atoms with Gasteiger partial charge in [-0.1, -0.05) is 19.1 Å². The van der Waals surface area contributed by atoms with E-state index >= 15 is 0 Å². The Morgan fingerprint density at radius 3 is 2.37 bits per heavy atom. The Kier molecular flexibility index (Phi) is 4.20. The van der Waals surface area contributed by atoms with Gasteiger partial charge in [-0.15, -0.1) is 0 Å². The zero-order valence-electron chi connectivity index (χ0n) is 11.7. The normalized spacial score (nSPS) is 18.5. The van der Waals surface area contributed by atoms with Gasteiger partial charge >= 0.3 is 0 Å². The van der Waals surface area contributed by atoms with Crippen LogP contribution in [0.15, 0.2) is 24.3 Å². The molecule has 0 aromatic heterocycles. The molecule has 2 atom stereocenters. The molecule has 0 aliphatic carbocycles. The maximum Gasteiger partial charge on any atom is 0.226 e. The van der Waals surface area contributed by atoms with Crippen LogP contribution in [0.25, 0.3) is 0 Å². The van der Waals surface area contributed by atoms with Gasteiger partial charge < -0.3 is 10.2 Å². The van der Waals surface area contributed by atoms with Crippen molar-refractivity contribution < 1.29 is 9.18 Å². The number of amides is 1. The molecular formula is C15H21FN2O. The van der Waals surface area contributed by atoms with E-state index in [9.17, 15) is 9.18 Å². The summed E-state index contributed by atoms with van der Waals surface area (Å²) in [7, 11) is 1.82. The SMILES string of the molecule is CC(C(=O)N(C)C(C)c1ccc(F)cc1)C1CNC1. The Hall–Kier alpha value is -1.42. The van der Waals surface area contributed by atoms with Crippen LogP contribution < -0.4 is 5.32 Å². The average Bonchev–Trinajstić information content (AvgIpc) is 2.35. The predicted octanol–water partition coefficient (Wildman–Crippen LogP) is 2.20. The molecule has 0 spiro atoms. The summed E-state index contributed by atoms with van der Waals surface area (Å²) >= 11 is 0. The number of halogens is 1. The molecule has 1 saturated heterocycles. The molecule has 2 rings (SSSR count). The minimum atomic E-state index is -0.251. The molecule has 4 heteroatoms. The highest BCUT2D eigenvalue weighted by atomic mass is 19.1. The smallest absolute Gasteiger partial charge is 0.226 e. The molecule has 3 nitrogen and oxygen atoms in total. The van der Waals surface area contributed by atoms with E-state index in [2.05, 4.69) is 5.32 Å². The van der Waals surface area contributed by atoms with Crippen LogP contribution in [0.2, 0.25) is 0 Å². The van der Waals surface area contributed by atoms with E-state index in [4.69, 9.17) is 0 Å². The van der Waals surface area contributed by atoms with Gasteiger partial charge in [0.05, 0.1) is 6.04 Å².